The number of fused-ring (bicyclic) bond motifs is 1. The number of rotatable bonds is 5. The maximum atomic E-state index is 9.84. The van der Waals surface area contributed by atoms with E-state index in [-0.39, 0.29) is 24.7 Å². The molecule has 1 aliphatic carbocycles. The summed E-state index contributed by atoms with van der Waals surface area (Å²) < 4.78 is 5.51. The standard InChI is InChI=1S/C11H21NO4/c1-2-3-4-12-8-7-10(15)9(14)6(5-13)16-11(7)8/h6-15H,2-5H2,1H3/t6-,7-,8+,9-,10-,11+/m1/s1. The van der Waals surface area contributed by atoms with Gasteiger partial charge in [0.1, 0.15) is 12.2 Å². The van der Waals surface area contributed by atoms with Gasteiger partial charge in [0.05, 0.1) is 18.8 Å². The van der Waals surface area contributed by atoms with E-state index in [0.717, 1.165) is 19.4 Å². The molecular formula is C11H21NO4. The van der Waals surface area contributed by atoms with Crippen LogP contribution in [0.15, 0.2) is 0 Å². The van der Waals surface area contributed by atoms with Crippen molar-refractivity contribution in [1.82, 2.24) is 5.32 Å². The molecule has 1 aliphatic heterocycles. The number of hydrogen-bond acceptors (Lipinski definition) is 5. The fourth-order valence-electron chi connectivity index (χ4n) is 2.47. The predicted molar refractivity (Wildman–Crippen MR) is 57.9 cm³/mol. The Hall–Kier alpha value is -0.200. The van der Waals surface area contributed by atoms with Crippen LogP contribution in [0.3, 0.4) is 0 Å². The molecule has 1 saturated carbocycles. The number of hydrogen-bond donors (Lipinski definition) is 4. The summed E-state index contributed by atoms with van der Waals surface area (Å²) in [5.41, 5.74) is 0. The van der Waals surface area contributed by atoms with Crippen molar-refractivity contribution < 1.29 is 20.1 Å². The third kappa shape index (κ3) is 2.10. The molecule has 5 nitrogen and oxygen atoms in total. The topological polar surface area (TPSA) is 82.0 Å². The molecule has 0 bridgehead atoms. The maximum absolute atomic E-state index is 9.84. The lowest BCUT2D eigenvalue weighted by molar-refractivity contribution is -0.152. The van der Waals surface area contributed by atoms with Gasteiger partial charge in [-0.15, -0.1) is 0 Å². The Morgan fingerprint density at radius 2 is 2.00 bits per heavy atom. The molecule has 4 N–H and O–H groups in total. The number of aliphatic hydroxyl groups is 3. The minimum atomic E-state index is -0.968. The highest BCUT2D eigenvalue weighted by molar-refractivity contribution is 5.13. The first-order valence-electron chi connectivity index (χ1n) is 6.06. The zero-order valence-corrected chi connectivity index (χ0v) is 9.54. The smallest absolute Gasteiger partial charge is 0.109 e. The predicted octanol–water partition coefficient (Wildman–Crippen LogP) is -1.14. The van der Waals surface area contributed by atoms with Gasteiger partial charge in [-0.2, -0.15) is 0 Å². The van der Waals surface area contributed by atoms with Crippen LogP contribution in [0.4, 0.5) is 0 Å². The van der Waals surface area contributed by atoms with Crippen molar-refractivity contribution in [3.05, 3.63) is 0 Å². The van der Waals surface area contributed by atoms with E-state index in [1.807, 2.05) is 0 Å². The summed E-state index contributed by atoms with van der Waals surface area (Å²) in [7, 11) is 0. The summed E-state index contributed by atoms with van der Waals surface area (Å²) in [6, 6.07) is 0.132. The van der Waals surface area contributed by atoms with E-state index >= 15 is 0 Å². The van der Waals surface area contributed by atoms with Crippen LogP contribution in [0.5, 0.6) is 0 Å². The third-order valence-electron chi connectivity index (χ3n) is 3.55. The zero-order chi connectivity index (χ0) is 11.7. The van der Waals surface area contributed by atoms with Crippen molar-refractivity contribution >= 4 is 0 Å². The van der Waals surface area contributed by atoms with Crippen LogP contribution in [-0.2, 0) is 4.74 Å². The van der Waals surface area contributed by atoms with Crippen LogP contribution in [0.2, 0.25) is 0 Å². The molecule has 2 aliphatic rings. The first kappa shape index (κ1) is 12.3. The molecule has 0 amide bonds. The van der Waals surface area contributed by atoms with Crippen LogP contribution in [0, 0.1) is 5.92 Å². The van der Waals surface area contributed by atoms with Crippen molar-refractivity contribution in [2.24, 2.45) is 5.92 Å². The van der Waals surface area contributed by atoms with Gasteiger partial charge in [0.25, 0.3) is 0 Å². The lowest BCUT2D eigenvalue weighted by atomic mass is 10.0. The second kappa shape index (κ2) is 4.98. The summed E-state index contributed by atoms with van der Waals surface area (Å²) in [5.74, 6) is -0.0188. The van der Waals surface area contributed by atoms with Crippen molar-refractivity contribution in [2.45, 2.75) is 50.2 Å². The van der Waals surface area contributed by atoms with Crippen molar-refractivity contribution in [3.8, 4) is 0 Å². The van der Waals surface area contributed by atoms with Gasteiger partial charge < -0.3 is 25.4 Å². The van der Waals surface area contributed by atoms with Crippen LogP contribution in [0.25, 0.3) is 0 Å². The fraction of sp³-hybridized carbons (Fsp3) is 1.00. The SMILES string of the molecule is CCCCN[C@@H]1[C@H]2O[C@H](CO)[C@@H](O)[C@H](O)[C@@H]12. The first-order valence-corrected chi connectivity index (χ1v) is 6.06. The summed E-state index contributed by atoms with van der Waals surface area (Å²) in [4.78, 5) is 0. The van der Waals surface area contributed by atoms with E-state index in [9.17, 15) is 10.2 Å². The van der Waals surface area contributed by atoms with Gasteiger partial charge in [0.15, 0.2) is 0 Å². The molecule has 16 heavy (non-hydrogen) atoms. The molecule has 2 fully saturated rings. The second-order valence-electron chi connectivity index (χ2n) is 4.71. The highest BCUT2D eigenvalue weighted by Gasteiger charge is 2.61. The zero-order valence-electron chi connectivity index (χ0n) is 9.54. The lowest BCUT2D eigenvalue weighted by Crippen LogP contribution is -2.47. The molecule has 2 rings (SSSR count). The molecule has 1 saturated heterocycles. The lowest BCUT2D eigenvalue weighted by Gasteiger charge is -2.29. The van der Waals surface area contributed by atoms with E-state index in [1.54, 1.807) is 0 Å². The van der Waals surface area contributed by atoms with Crippen LogP contribution < -0.4 is 5.32 Å². The normalized spacial score (nSPS) is 46.5. The van der Waals surface area contributed by atoms with Gasteiger partial charge in [-0.3, -0.25) is 0 Å². The molecule has 0 spiro atoms. The quantitative estimate of drug-likeness (QED) is 0.450. The minimum absolute atomic E-state index is 0.0188. The number of unbranched alkanes of at least 4 members (excludes halogenated alkanes) is 1. The number of ether oxygens (including phenoxy) is 1. The molecule has 6 atom stereocenters. The monoisotopic (exact) mass is 231 g/mol. The average molecular weight is 231 g/mol. The fourth-order valence-corrected chi connectivity index (χ4v) is 2.47. The molecule has 0 unspecified atom stereocenters. The maximum Gasteiger partial charge on any atom is 0.109 e. The van der Waals surface area contributed by atoms with E-state index in [0.29, 0.717) is 0 Å². The third-order valence-corrected chi connectivity index (χ3v) is 3.55. The van der Waals surface area contributed by atoms with Crippen LogP contribution in [-0.4, -0.2) is 58.9 Å². The Labute approximate surface area is 95.4 Å². The van der Waals surface area contributed by atoms with Crippen molar-refractivity contribution in [1.29, 1.82) is 0 Å². The Morgan fingerprint density at radius 3 is 2.62 bits per heavy atom. The molecule has 0 aromatic carbocycles. The highest BCUT2D eigenvalue weighted by Crippen LogP contribution is 2.44. The Kier molecular flexibility index (Phi) is 3.81. The van der Waals surface area contributed by atoms with E-state index < -0.39 is 18.3 Å². The van der Waals surface area contributed by atoms with Gasteiger partial charge >= 0.3 is 0 Å². The van der Waals surface area contributed by atoms with E-state index in [1.165, 1.54) is 0 Å². The highest BCUT2D eigenvalue weighted by atomic mass is 16.5. The van der Waals surface area contributed by atoms with Gasteiger partial charge in [-0.05, 0) is 13.0 Å². The van der Waals surface area contributed by atoms with E-state index in [2.05, 4.69) is 12.2 Å². The molecule has 94 valence electrons. The Bertz CT molecular complexity index is 238. The van der Waals surface area contributed by atoms with Crippen molar-refractivity contribution in [3.63, 3.8) is 0 Å². The van der Waals surface area contributed by atoms with Crippen LogP contribution in [0.1, 0.15) is 19.8 Å². The summed E-state index contributed by atoms with van der Waals surface area (Å²) in [6.45, 7) is 2.78. The van der Waals surface area contributed by atoms with Crippen molar-refractivity contribution in [2.75, 3.05) is 13.2 Å². The Morgan fingerprint density at radius 1 is 1.25 bits per heavy atom. The summed E-state index contributed by atoms with van der Waals surface area (Å²) >= 11 is 0. The van der Waals surface area contributed by atoms with Gasteiger partial charge in [0, 0.05) is 12.0 Å². The Balaban J connectivity index is 1.84. The molecular weight excluding hydrogens is 210 g/mol. The molecule has 1 heterocycles. The average Bonchev–Trinajstić information content (AvgIpc) is 2.97. The van der Waals surface area contributed by atoms with Gasteiger partial charge in [0.2, 0.25) is 0 Å². The van der Waals surface area contributed by atoms with Crippen LogP contribution >= 0.6 is 0 Å². The number of aliphatic hydroxyl groups excluding tert-OH is 3. The summed E-state index contributed by atoms with van der Waals surface area (Å²) in [5, 5.41) is 31.8. The second-order valence-corrected chi connectivity index (χ2v) is 4.71. The molecule has 5 heteroatoms. The van der Waals surface area contributed by atoms with Gasteiger partial charge in [-0.1, -0.05) is 13.3 Å². The largest absolute Gasteiger partial charge is 0.394 e. The molecule has 0 radical (unpaired) electrons. The molecule has 0 aromatic heterocycles. The molecule has 0 aromatic rings. The van der Waals surface area contributed by atoms with E-state index in [4.69, 9.17) is 9.84 Å². The summed E-state index contributed by atoms with van der Waals surface area (Å²) in [6.07, 6.45) is -0.223. The minimum Gasteiger partial charge on any atom is -0.394 e. The van der Waals surface area contributed by atoms with Gasteiger partial charge in [-0.25, -0.2) is 0 Å². The number of nitrogens with one attached hydrogen (secondary N) is 1. The first-order chi connectivity index (χ1) is 7.70.